The van der Waals surface area contributed by atoms with Crippen LogP contribution in [0.25, 0.3) is 22.2 Å². The molecule has 1 fully saturated rings. The van der Waals surface area contributed by atoms with Gasteiger partial charge in [-0.3, -0.25) is 0 Å². The van der Waals surface area contributed by atoms with Crippen LogP contribution in [0.2, 0.25) is 0 Å². The van der Waals surface area contributed by atoms with E-state index in [2.05, 4.69) is 26.8 Å². The summed E-state index contributed by atoms with van der Waals surface area (Å²) in [4.78, 5) is 26.0. The molecule has 4 aromatic rings. The molecule has 0 unspecified atom stereocenters. The summed E-state index contributed by atoms with van der Waals surface area (Å²) in [5, 5.41) is 1.88. The first-order valence-electron chi connectivity index (χ1n) is 9.63. The van der Waals surface area contributed by atoms with Crippen molar-refractivity contribution in [2.45, 2.75) is 35.2 Å². The lowest BCUT2D eigenvalue weighted by Gasteiger charge is -2.37. The van der Waals surface area contributed by atoms with E-state index in [0.717, 1.165) is 58.2 Å². The molecule has 1 aliphatic heterocycles. The monoisotopic (exact) mass is 403 g/mol. The van der Waals surface area contributed by atoms with Crippen molar-refractivity contribution < 1.29 is 0 Å². The van der Waals surface area contributed by atoms with Crippen molar-refractivity contribution in [2.24, 2.45) is 5.73 Å². The van der Waals surface area contributed by atoms with Crippen LogP contribution in [-0.4, -0.2) is 43.5 Å². The molecule has 29 heavy (non-hydrogen) atoms. The van der Waals surface area contributed by atoms with Gasteiger partial charge in [-0.25, -0.2) is 24.9 Å². The molecule has 5 heterocycles. The van der Waals surface area contributed by atoms with Crippen LogP contribution >= 0.6 is 11.8 Å². The molecule has 0 radical (unpaired) electrons. The van der Waals surface area contributed by atoms with Crippen LogP contribution in [0, 0.1) is 0 Å². The van der Waals surface area contributed by atoms with Gasteiger partial charge in [0.25, 0.3) is 0 Å². The third kappa shape index (κ3) is 3.73. The fourth-order valence-corrected chi connectivity index (χ4v) is 4.38. The molecule has 2 N–H and O–H groups in total. The molecule has 0 amide bonds. The number of anilines is 1. The van der Waals surface area contributed by atoms with E-state index in [9.17, 15) is 0 Å². The topological polar surface area (TPSA) is 93.7 Å². The number of hydrogen-bond acceptors (Lipinski definition) is 8. The quantitative estimate of drug-likeness (QED) is 0.556. The van der Waals surface area contributed by atoms with E-state index in [0.29, 0.717) is 5.65 Å². The van der Waals surface area contributed by atoms with Crippen molar-refractivity contribution in [3.05, 3.63) is 48.9 Å². The first-order valence-corrected chi connectivity index (χ1v) is 10.4. The summed E-state index contributed by atoms with van der Waals surface area (Å²) in [7, 11) is 0. The zero-order valence-electron chi connectivity index (χ0n) is 16.1. The number of rotatable bonds is 3. The summed E-state index contributed by atoms with van der Waals surface area (Å²) in [5.74, 6) is 0.890. The smallest absolute Gasteiger partial charge is 0.179 e. The van der Waals surface area contributed by atoms with Gasteiger partial charge in [-0.15, -0.1) is 0 Å². The van der Waals surface area contributed by atoms with Gasteiger partial charge in [0.05, 0.1) is 6.20 Å². The maximum Gasteiger partial charge on any atom is 0.179 e. The van der Waals surface area contributed by atoms with Crippen molar-refractivity contribution in [3.8, 4) is 0 Å². The largest absolute Gasteiger partial charge is 0.355 e. The Morgan fingerprint density at radius 3 is 2.66 bits per heavy atom. The van der Waals surface area contributed by atoms with Crippen molar-refractivity contribution >= 4 is 39.8 Å². The Balaban J connectivity index is 1.41. The van der Waals surface area contributed by atoms with Crippen LogP contribution in [-0.2, 0) is 0 Å². The van der Waals surface area contributed by atoms with E-state index in [-0.39, 0.29) is 5.54 Å². The van der Waals surface area contributed by atoms with Crippen molar-refractivity contribution in [1.82, 2.24) is 24.9 Å². The third-order valence-corrected chi connectivity index (χ3v) is 6.30. The number of aromatic nitrogens is 5. The molecule has 0 saturated carbocycles. The van der Waals surface area contributed by atoms with Crippen LogP contribution in [0.4, 0.5) is 5.82 Å². The van der Waals surface area contributed by atoms with Gasteiger partial charge in [0, 0.05) is 41.3 Å². The number of hydrogen-bond donors (Lipinski definition) is 1. The van der Waals surface area contributed by atoms with E-state index in [1.54, 1.807) is 24.2 Å². The van der Waals surface area contributed by atoms with E-state index in [1.165, 1.54) is 0 Å². The van der Waals surface area contributed by atoms with Gasteiger partial charge in [-0.1, -0.05) is 11.8 Å². The Kier molecular flexibility index (Phi) is 4.52. The number of nitrogens with zero attached hydrogens (tertiary/aromatic N) is 6. The second-order valence-electron chi connectivity index (χ2n) is 7.65. The lowest BCUT2D eigenvalue weighted by Crippen LogP contribution is -2.48. The summed E-state index contributed by atoms with van der Waals surface area (Å²) in [6.45, 7) is 3.91. The molecular weight excluding hydrogens is 382 g/mol. The zero-order chi connectivity index (χ0) is 19.8. The predicted octanol–water partition coefficient (Wildman–Crippen LogP) is 3.44. The zero-order valence-corrected chi connectivity index (χ0v) is 16.9. The Morgan fingerprint density at radius 1 is 0.966 bits per heavy atom. The Hall–Kier alpha value is -2.84. The molecule has 0 spiro atoms. The van der Waals surface area contributed by atoms with E-state index < -0.39 is 0 Å². The minimum atomic E-state index is -0.0822. The third-order valence-electron chi connectivity index (χ3n) is 5.29. The molecule has 0 aliphatic carbocycles. The molecule has 0 aromatic carbocycles. The molecule has 0 bridgehead atoms. The minimum Gasteiger partial charge on any atom is -0.355 e. The van der Waals surface area contributed by atoms with Gasteiger partial charge in [0.1, 0.15) is 16.4 Å². The van der Waals surface area contributed by atoms with Crippen LogP contribution in [0.1, 0.15) is 19.8 Å². The second-order valence-corrected chi connectivity index (χ2v) is 8.71. The number of nitrogens with two attached hydrogens (primary N) is 1. The van der Waals surface area contributed by atoms with Gasteiger partial charge in [0.2, 0.25) is 0 Å². The van der Waals surface area contributed by atoms with Gasteiger partial charge in [0.15, 0.2) is 11.3 Å². The highest BCUT2D eigenvalue weighted by molar-refractivity contribution is 7.99. The molecule has 5 rings (SSSR count). The summed E-state index contributed by atoms with van der Waals surface area (Å²) in [6, 6.07) is 9.90. The molecule has 146 valence electrons. The Labute approximate surface area is 172 Å². The van der Waals surface area contributed by atoms with Crippen LogP contribution in [0.15, 0.2) is 58.8 Å². The average Bonchev–Trinajstić information content (AvgIpc) is 2.74. The van der Waals surface area contributed by atoms with Crippen LogP contribution < -0.4 is 10.6 Å². The molecule has 7 nitrogen and oxygen atoms in total. The van der Waals surface area contributed by atoms with Crippen molar-refractivity contribution in [1.29, 1.82) is 0 Å². The highest BCUT2D eigenvalue weighted by Gasteiger charge is 2.26. The average molecular weight is 404 g/mol. The highest BCUT2D eigenvalue weighted by atomic mass is 32.2. The van der Waals surface area contributed by atoms with Gasteiger partial charge >= 0.3 is 0 Å². The number of fused-ring (bicyclic) bond motifs is 2. The summed E-state index contributed by atoms with van der Waals surface area (Å²) >= 11 is 1.58. The van der Waals surface area contributed by atoms with E-state index >= 15 is 0 Å². The minimum absolute atomic E-state index is 0.0822. The first-order chi connectivity index (χ1) is 14.1. The standard InChI is InChI=1S/C21H21N7S/c1-21(22)7-11-28(12-8-21)17-13-25-20-15(26-17)4-5-18(27-20)29-16-6-10-24-19-14(16)3-2-9-23-19/h2-6,9-10,13H,7-8,11-12,22H2,1H3. The van der Waals surface area contributed by atoms with Gasteiger partial charge in [-0.2, -0.15) is 0 Å². The molecule has 1 aliphatic rings. The molecule has 0 atom stereocenters. The SMILES string of the molecule is CC1(N)CCN(c2cnc3nc(Sc4ccnc5ncccc45)ccc3n2)CC1. The maximum atomic E-state index is 6.24. The fraction of sp³-hybridized carbons (Fsp3) is 0.286. The fourth-order valence-electron chi connectivity index (χ4n) is 3.49. The molecular formula is C21H21N7S. The highest BCUT2D eigenvalue weighted by Crippen LogP contribution is 2.32. The lowest BCUT2D eigenvalue weighted by molar-refractivity contribution is 0.363. The number of piperidine rings is 1. The Bertz CT molecular complexity index is 1180. The Morgan fingerprint density at radius 2 is 1.79 bits per heavy atom. The van der Waals surface area contributed by atoms with E-state index in [4.69, 9.17) is 15.7 Å². The predicted molar refractivity (Wildman–Crippen MR) is 115 cm³/mol. The van der Waals surface area contributed by atoms with Gasteiger partial charge < -0.3 is 10.6 Å². The van der Waals surface area contributed by atoms with Crippen LogP contribution in [0.5, 0.6) is 0 Å². The number of pyridine rings is 3. The summed E-state index contributed by atoms with van der Waals surface area (Å²) in [5.41, 5.74) is 8.34. The van der Waals surface area contributed by atoms with Gasteiger partial charge in [-0.05, 0) is 50.1 Å². The normalized spacial score (nSPS) is 16.4. The van der Waals surface area contributed by atoms with E-state index in [1.807, 2.05) is 36.5 Å². The lowest BCUT2D eigenvalue weighted by atomic mass is 9.91. The summed E-state index contributed by atoms with van der Waals surface area (Å²) < 4.78 is 0. The molecule has 1 saturated heterocycles. The first kappa shape index (κ1) is 18.2. The van der Waals surface area contributed by atoms with Crippen molar-refractivity contribution in [2.75, 3.05) is 18.0 Å². The van der Waals surface area contributed by atoms with Crippen LogP contribution in [0.3, 0.4) is 0 Å². The second kappa shape index (κ2) is 7.20. The molecule has 4 aromatic heterocycles. The molecule has 8 heteroatoms. The van der Waals surface area contributed by atoms with Crippen molar-refractivity contribution in [3.63, 3.8) is 0 Å². The maximum absolute atomic E-state index is 6.24. The summed E-state index contributed by atoms with van der Waals surface area (Å²) in [6.07, 6.45) is 7.25.